The van der Waals surface area contributed by atoms with E-state index in [4.69, 9.17) is 10.5 Å². The molecular formula is C13H22N2O. The third-order valence-electron chi connectivity index (χ3n) is 3.11. The molecule has 0 aliphatic rings. The van der Waals surface area contributed by atoms with Crippen molar-refractivity contribution in [3.05, 3.63) is 23.8 Å². The van der Waals surface area contributed by atoms with Crippen LogP contribution in [-0.4, -0.2) is 25.1 Å². The van der Waals surface area contributed by atoms with Gasteiger partial charge in [-0.3, -0.25) is 4.90 Å². The van der Waals surface area contributed by atoms with Crippen molar-refractivity contribution in [2.75, 3.05) is 19.9 Å². The van der Waals surface area contributed by atoms with Gasteiger partial charge < -0.3 is 10.5 Å². The molecule has 16 heavy (non-hydrogen) atoms. The lowest BCUT2D eigenvalue weighted by Gasteiger charge is -2.24. The maximum atomic E-state index is 5.95. The lowest BCUT2D eigenvalue weighted by atomic mass is 10.1. The maximum Gasteiger partial charge on any atom is 0.119 e. The van der Waals surface area contributed by atoms with E-state index in [1.165, 1.54) is 0 Å². The molecule has 0 bridgehead atoms. The molecule has 0 radical (unpaired) electrons. The molecule has 0 saturated carbocycles. The first kappa shape index (κ1) is 12.8. The predicted octanol–water partition coefficient (Wildman–Crippen LogP) is 2.51. The van der Waals surface area contributed by atoms with Crippen molar-refractivity contribution in [2.24, 2.45) is 0 Å². The zero-order chi connectivity index (χ0) is 12.1. The number of anilines is 1. The minimum atomic E-state index is 0.561. The topological polar surface area (TPSA) is 38.5 Å². The van der Waals surface area contributed by atoms with Gasteiger partial charge in [0.05, 0.1) is 7.11 Å². The summed E-state index contributed by atoms with van der Waals surface area (Å²) in [6.45, 7) is 5.27. The van der Waals surface area contributed by atoms with Gasteiger partial charge in [-0.1, -0.05) is 6.92 Å². The highest BCUT2D eigenvalue weighted by Crippen LogP contribution is 2.21. The molecule has 0 aliphatic carbocycles. The Hall–Kier alpha value is -1.22. The van der Waals surface area contributed by atoms with Crippen LogP contribution in [0.15, 0.2) is 18.2 Å². The molecule has 0 aliphatic heterocycles. The Morgan fingerprint density at radius 1 is 1.44 bits per heavy atom. The lowest BCUT2D eigenvalue weighted by Crippen LogP contribution is -2.28. The van der Waals surface area contributed by atoms with Gasteiger partial charge in [0.15, 0.2) is 0 Å². The van der Waals surface area contributed by atoms with Crippen molar-refractivity contribution >= 4 is 5.69 Å². The fraction of sp³-hybridized carbons (Fsp3) is 0.538. The standard InChI is InChI=1S/C13H22N2O/c1-5-10(2)15(3)9-11-8-12(16-4)6-7-13(11)14/h6-8,10H,5,9,14H2,1-4H3. The number of rotatable bonds is 5. The zero-order valence-corrected chi connectivity index (χ0v) is 10.7. The zero-order valence-electron chi connectivity index (χ0n) is 10.7. The van der Waals surface area contributed by atoms with E-state index in [9.17, 15) is 0 Å². The molecule has 0 amide bonds. The third-order valence-corrected chi connectivity index (χ3v) is 3.11. The molecule has 0 spiro atoms. The Labute approximate surface area is 98.2 Å². The highest BCUT2D eigenvalue weighted by atomic mass is 16.5. The fourth-order valence-electron chi connectivity index (χ4n) is 1.58. The molecule has 1 rings (SSSR count). The molecule has 2 N–H and O–H groups in total. The Balaban J connectivity index is 2.79. The number of nitrogens with zero attached hydrogens (tertiary/aromatic N) is 1. The van der Waals surface area contributed by atoms with E-state index in [2.05, 4.69) is 25.8 Å². The highest BCUT2D eigenvalue weighted by Gasteiger charge is 2.09. The van der Waals surface area contributed by atoms with Crippen LogP contribution in [-0.2, 0) is 6.54 Å². The molecular weight excluding hydrogens is 200 g/mol. The summed E-state index contributed by atoms with van der Waals surface area (Å²) in [5.74, 6) is 0.863. The summed E-state index contributed by atoms with van der Waals surface area (Å²) in [7, 11) is 3.79. The van der Waals surface area contributed by atoms with Crippen LogP contribution < -0.4 is 10.5 Å². The molecule has 1 aromatic carbocycles. The monoisotopic (exact) mass is 222 g/mol. The van der Waals surface area contributed by atoms with Crippen LogP contribution in [0.5, 0.6) is 5.75 Å². The first-order chi connectivity index (χ1) is 7.58. The van der Waals surface area contributed by atoms with E-state index in [0.29, 0.717) is 6.04 Å². The normalized spacial score (nSPS) is 12.8. The van der Waals surface area contributed by atoms with Crippen molar-refractivity contribution in [2.45, 2.75) is 32.9 Å². The number of nitrogen functional groups attached to an aromatic ring is 1. The smallest absolute Gasteiger partial charge is 0.119 e. The minimum absolute atomic E-state index is 0.561. The van der Waals surface area contributed by atoms with Crippen LogP contribution in [0, 0.1) is 0 Å². The minimum Gasteiger partial charge on any atom is -0.497 e. The number of hydrogen-bond acceptors (Lipinski definition) is 3. The van der Waals surface area contributed by atoms with E-state index >= 15 is 0 Å². The second-order valence-electron chi connectivity index (χ2n) is 4.24. The molecule has 0 heterocycles. The Bertz CT molecular complexity index is 339. The first-order valence-electron chi connectivity index (χ1n) is 5.71. The molecule has 1 unspecified atom stereocenters. The first-order valence-corrected chi connectivity index (χ1v) is 5.71. The van der Waals surface area contributed by atoms with Gasteiger partial charge in [0, 0.05) is 18.3 Å². The summed E-state index contributed by atoms with van der Waals surface area (Å²) in [6, 6.07) is 6.36. The van der Waals surface area contributed by atoms with Crippen LogP contribution in [0.1, 0.15) is 25.8 Å². The van der Waals surface area contributed by atoms with Crippen molar-refractivity contribution in [1.29, 1.82) is 0 Å². The molecule has 3 nitrogen and oxygen atoms in total. The predicted molar refractivity (Wildman–Crippen MR) is 68.6 cm³/mol. The Kier molecular flexibility index (Phi) is 4.62. The molecule has 90 valence electrons. The molecule has 1 atom stereocenters. The number of hydrogen-bond donors (Lipinski definition) is 1. The average molecular weight is 222 g/mol. The van der Waals surface area contributed by atoms with Gasteiger partial charge in [0.1, 0.15) is 5.75 Å². The van der Waals surface area contributed by atoms with E-state index < -0.39 is 0 Å². The Morgan fingerprint density at radius 2 is 2.12 bits per heavy atom. The van der Waals surface area contributed by atoms with Gasteiger partial charge in [0.25, 0.3) is 0 Å². The van der Waals surface area contributed by atoms with E-state index in [1.54, 1.807) is 7.11 Å². The summed E-state index contributed by atoms with van der Waals surface area (Å²) in [4.78, 5) is 2.30. The van der Waals surface area contributed by atoms with Gasteiger partial charge in [-0.25, -0.2) is 0 Å². The van der Waals surface area contributed by atoms with Crippen LogP contribution in [0.4, 0.5) is 5.69 Å². The SMILES string of the molecule is CCC(C)N(C)Cc1cc(OC)ccc1N. The van der Waals surface area contributed by atoms with Crippen LogP contribution in [0.25, 0.3) is 0 Å². The third kappa shape index (κ3) is 3.14. The van der Waals surface area contributed by atoms with Gasteiger partial charge >= 0.3 is 0 Å². The number of ether oxygens (including phenoxy) is 1. The maximum absolute atomic E-state index is 5.95. The van der Waals surface area contributed by atoms with Gasteiger partial charge in [-0.2, -0.15) is 0 Å². The second-order valence-corrected chi connectivity index (χ2v) is 4.24. The van der Waals surface area contributed by atoms with E-state index in [1.807, 2.05) is 18.2 Å². The van der Waals surface area contributed by atoms with E-state index in [0.717, 1.165) is 30.0 Å². The summed E-state index contributed by atoms with van der Waals surface area (Å²) in [6.07, 6.45) is 1.14. The van der Waals surface area contributed by atoms with Gasteiger partial charge in [-0.05, 0) is 44.2 Å². The summed E-state index contributed by atoms with van der Waals surface area (Å²) in [5.41, 5.74) is 7.91. The van der Waals surface area contributed by atoms with Crippen molar-refractivity contribution < 1.29 is 4.74 Å². The van der Waals surface area contributed by atoms with E-state index in [-0.39, 0.29) is 0 Å². The number of methoxy groups -OCH3 is 1. The largest absolute Gasteiger partial charge is 0.497 e. The van der Waals surface area contributed by atoms with Crippen molar-refractivity contribution in [1.82, 2.24) is 4.90 Å². The highest BCUT2D eigenvalue weighted by molar-refractivity contribution is 5.50. The quantitative estimate of drug-likeness (QED) is 0.778. The lowest BCUT2D eigenvalue weighted by molar-refractivity contribution is 0.244. The average Bonchev–Trinajstić information content (AvgIpc) is 2.30. The molecule has 0 fully saturated rings. The fourth-order valence-corrected chi connectivity index (χ4v) is 1.58. The van der Waals surface area contributed by atoms with Crippen LogP contribution >= 0.6 is 0 Å². The second kappa shape index (κ2) is 5.75. The Morgan fingerprint density at radius 3 is 2.69 bits per heavy atom. The van der Waals surface area contributed by atoms with Crippen molar-refractivity contribution in [3.63, 3.8) is 0 Å². The van der Waals surface area contributed by atoms with Crippen LogP contribution in [0.2, 0.25) is 0 Å². The van der Waals surface area contributed by atoms with Gasteiger partial charge in [0.2, 0.25) is 0 Å². The number of benzene rings is 1. The summed E-state index contributed by atoms with van der Waals surface area (Å²) < 4.78 is 5.20. The summed E-state index contributed by atoms with van der Waals surface area (Å²) in [5, 5.41) is 0. The molecule has 0 saturated heterocycles. The van der Waals surface area contributed by atoms with Crippen LogP contribution in [0.3, 0.4) is 0 Å². The molecule has 0 aromatic heterocycles. The van der Waals surface area contributed by atoms with Crippen molar-refractivity contribution in [3.8, 4) is 5.75 Å². The molecule has 1 aromatic rings. The van der Waals surface area contributed by atoms with Gasteiger partial charge in [-0.15, -0.1) is 0 Å². The number of nitrogens with two attached hydrogens (primary N) is 1. The molecule has 3 heteroatoms. The summed E-state index contributed by atoms with van der Waals surface area (Å²) >= 11 is 0.